The van der Waals surface area contributed by atoms with E-state index in [1.54, 1.807) is 13.8 Å². The van der Waals surface area contributed by atoms with Crippen LogP contribution in [0.15, 0.2) is 24.3 Å². The highest BCUT2D eigenvalue weighted by molar-refractivity contribution is 6.13. The second kappa shape index (κ2) is 17.2. The van der Waals surface area contributed by atoms with Crippen molar-refractivity contribution in [2.24, 2.45) is 0 Å². The van der Waals surface area contributed by atoms with Gasteiger partial charge in [0.1, 0.15) is 11.1 Å². The zero-order valence-corrected chi connectivity index (χ0v) is 18.2. The Morgan fingerprint density at radius 3 is 1.07 bits per heavy atom. The molecule has 8 nitrogen and oxygen atoms in total. The maximum absolute atomic E-state index is 11.6. The molecule has 0 saturated carbocycles. The topological polar surface area (TPSA) is 105 Å². The van der Waals surface area contributed by atoms with E-state index < -0.39 is 23.9 Å². The number of carbonyl (C=O) groups is 4. The molecule has 0 spiro atoms. The van der Waals surface area contributed by atoms with Crippen LogP contribution in [0.1, 0.15) is 65.2 Å². The second-order valence-corrected chi connectivity index (χ2v) is 6.50. The van der Waals surface area contributed by atoms with Crippen LogP contribution >= 0.6 is 0 Å². The molecule has 0 aliphatic heterocycles. The predicted octanol–water partition coefficient (Wildman–Crippen LogP) is 3.43. The van der Waals surface area contributed by atoms with E-state index in [0.717, 1.165) is 51.4 Å². The summed E-state index contributed by atoms with van der Waals surface area (Å²) in [5, 5.41) is 0. The number of rotatable bonds is 17. The first-order valence-electron chi connectivity index (χ1n) is 10.4. The van der Waals surface area contributed by atoms with Crippen LogP contribution in [0.25, 0.3) is 0 Å². The Kier molecular flexibility index (Phi) is 15.7. The van der Waals surface area contributed by atoms with Gasteiger partial charge in [0.05, 0.1) is 26.4 Å². The maximum atomic E-state index is 11.6. The van der Waals surface area contributed by atoms with Crippen molar-refractivity contribution in [3.05, 3.63) is 24.3 Å². The zero-order valence-electron chi connectivity index (χ0n) is 18.2. The summed E-state index contributed by atoms with van der Waals surface area (Å²) in [6.07, 6.45) is 7.45. The Labute approximate surface area is 178 Å². The molecule has 0 heterocycles. The van der Waals surface area contributed by atoms with Crippen LogP contribution in [-0.4, -0.2) is 50.3 Å². The molecular weight excluding hydrogens is 392 g/mol. The number of hydrogen-bond acceptors (Lipinski definition) is 8. The van der Waals surface area contributed by atoms with E-state index in [0.29, 0.717) is 0 Å². The third-order valence-corrected chi connectivity index (χ3v) is 4.04. The molecule has 0 aromatic rings. The van der Waals surface area contributed by atoms with Gasteiger partial charge in [-0.2, -0.15) is 0 Å². The van der Waals surface area contributed by atoms with Gasteiger partial charge in [-0.15, -0.1) is 0 Å². The normalized spacial score (nSPS) is 10.1. The van der Waals surface area contributed by atoms with E-state index in [9.17, 15) is 19.2 Å². The van der Waals surface area contributed by atoms with Crippen LogP contribution in [0.2, 0.25) is 0 Å². The SMILES string of the molecule is C=C(C(=O)OCC)C(=O)OCCCCCCCCCCOC(=O)C(=C)C(=O)OCC. The number of ether oxygens (including phenoxy) is 4. The largest absolute Gasteiger partial charge is 0.462 e. The second-order valence-electron chi connectivity index (χ2n) is 6.50. The lowest BCUT2D eigenvalue weighted by Crippen LogP contribution is -2.17. The Morgan fingerprint density at radius 1 is 0.500 bits per heavy atom. The fourth-order valence-electron chi connectivity index (χ4n) is 2.37. The van der Waals surface area contributed by atoms with Gasteiger partial charge in [0.25, 0.3) is 0 Å². The van der Waals surface area contributed by atoms with Gasteiger partial charge in [0.15, 0.2) is 0 Å². The third kappa shape index (κ3) is 12.7. The van der Waals surface area contributed by atoms with Gasteiger partial charge in [-0.1, -0.05) is 51.7 Å². The number of carbonyl (C=O) groups excluding carboxylic acids is 4. The van der Waals surface area contributed by atoms with Gasteiger partial charge in [-0.3, -0.25) is 0 Å². The zero-order chi connectivity index (χ0) is 22.8. The van der Waals surface area contributed by atoms with Gasteiger partial charge in [0, 0.05) is 0 Å². The quantitative estimate of drug-likeness (QED) is 0.0870. The summed E-state index contributed by atoms with van der Waals surface area (Å²) in [5.74, 6) is -2.97. The molecule has 0 atom stereocenters. The summed E-state index contributed by atoms with van der Waals surface area (Å²) < 4.78 is 19.4. The highest BCUT2D eigenvalue weighted by atomic mass is 16.6. The van der Waals surface area contributed by atoms with Crippen molar-refractivity contribution in [2.75, 3.05) is 26.4 Å². The molecule has 0 rings (SSSR count). The summed E-state index contributed by atoms with van der Waals surface area (Å²) in [7, 11) is 0. The smallest absolute Gasteiger partial charge is 0.344 e. The van der Waals surface area contributed by atoms with Crippen LogP contribution in [0.4, 0.5) is 0 Å². The van der Waals surface area contributed by atoms with Crippen molar-refractivity contribution < 1.29 is 38.1 Å². The predicted molar refractivity (Wildman–Crippen MR) is 110 cm³/mol. The van der Waals surface area contributed by atoms with Gasteiger partial charge in [-0.25, -0.2) is 19.2 Å². The minimum Gasteiger partial charge on any atom is -0.462 e. The minimum absolute atomic E-state index is 0.182. The van der Waals surface area contributed by atoms with E-state index in [1.807, 2.05) is 0 Å². The van der Waals surface area contributed by atoms with Gasteiger partial charge >= 0.3 is 23.9 Å². The van der Waals surface area contributed by atoms with Crippen molar-refractivity contribution in [1.29, 1.82) is 0 Å². The van der Waals surface area contributed by atoms with E-state index in [2.05, 4.69) is 22.6 Å². The molecule has 0 unspecified atom stereocenters. The molecule has 0 amide bonds. The van der Waals surface area contributed by atoms with Crippen molar-refractivity contribution in [1.82, 2.24) is 0 Å². The molecule has 0 aromatic carbocycles. The lowest BCUT2D eigenvalue weighted by Gasteiger charge is -2.07. The molecule has 170 valence electrons. The van der Waals surface area contributed by atoms with Crippen LogP contribution in [0.3, 0.4) is 0 Å². The average molecular weight is 427 g/mol. The third-order valence-electron chi connectivity index (χ3n) is 4.04. The van der Waals surface area contributed by atoms with Crippen LogP contribution in [0.5, 0.6) is 0 Å². The first-order valence-corrected chi connectivity index (χ1v) is 10.4. The first kappa shape index (κ1) is 27.4. The Bertz CT molecular complexity index is 542. The summed E-state index contributed by atoms with van der Waals surface area (Å²) in [4.78, 5) is 45.8. The maximum Gasteiger partial charge on any atom is 0.344 e. The van der Waals surface area contributed by atoms with Crippen LogP contribution < -0.4 is 0 Å². The highest BCUT2D eigenvalue weighted by Crippen LogP contribution is 2.10. The summed E-state index contributed by atoms with van der Waals surface area (Å²) in [5.41, 5.74) is -0.569. The Morgan fingerprint density at radius 2 is 0.767 bits per heavy atom. The summed E-state index contributed by atoms with van der Waals surface area (Å²) in [6, 6.07) is 0. The molecule has 0 bridgehead atoms. The molecule has 8 heteroatoms. The fraction of sp³-hybridized carbons (Fsp3) is 0.636. The Hall–Kier alpha value is -2.64. The molecule has 0 radical (unpaired) electrons. The number of unbranched alkanes of at least 4 members (excludes halogenated alkanes) is 7. The summed E-state index contributed by atoms with van der Waals surface area (Å²) in [6.45, 7) is 10.9. The van der Waals surface area contributed by atoms with Crippen molar-refractivity contribution in [3.8, 4) is 0 Å². The average Bonchev–Trinajstić information content (AvgIpc) is 2.73. The number of esters is 4. The minimum atomic E-state index is -0.749. The monoisotopic (exact) mass is 426 g/mol. The van der Waals surface area contributed by atoms with E-state index in [1.165, 1.54) is 0 Å². The molecular formula is C22H34O8. The van der Waals surface area contributed by atoms with Gasteiger partial charge in [-0.05, 0) is 26.7 Å². The van der Waals surface area contributed by atoms with Crippen LogP contribution in [-0.2, 0) is 38.1 Å². The van der Waals surface area contributed by atoms with Gasteiger partial charge in [0.2, 0.25) is 0 Å². The van der Waals surface area contributed by atoms with Crippen molar-refractivity contribution in [2.45, 2.75) is 65.2 Å². The van der Waals surface area contributed by atoms with Crippen molar-refractivity contribution >= 4 is 23.9 Å². The van der Waals surface area contributed by atoms with E-state index >= 15 is 0 Å². The standard InChI is InChI=1S/C22H34O8/c1-5-27-19(23)17(3)21(25)29-15-13-11-9-7-8-10-12-14-16-30-22(26)18(4)20(24)28-6-2/h3-16H2,1-2H3. The van der Waals surface area contributed by atoms with E-state index in [4.69, 9.17) is 9.47 Å². The summed E-state index contributed by atoms with van der Waals surface area (Å²) >= 11 is 0. The lowest BCUT2D eigenvalue weighted by atomic mass is 10.1. The molecule has 0 saturated heterocycles. The first-order chi connectivity index (χ1) is 14.3. The van der Waals surface area contributed by atoms with Crippen molar-refractivity contribution in [3.63, 3.8) is 0 Å². The lowest BCUT2D eigenvalue weighted by molar-refractivity contribution is -0.148. The van der Waals surface area contributed by atoms with E-state index in [-0.39, 0.29) is 37.6 Å². The van der Waals surface area contributed by atoms with Crippen LogP contribution in [0, 0.1) is 0 Å². The molecule has 0 aliphatic rings. The molecule has 0 N–H and O–H groups in total. The molecule has 0 fully saturated rings. The highest BCUT2D eigenvalue weighted by Gasteiger charge is 2.18. The molecule has 0 aliphatic carbocycles. The fourth-order valence-corrected chi connectivity index (χ4v) is 2.37. The van der Waals surface area contributed by atoms with Gasteiger partial charge < -0.3 is 18.9 Å². The molecule has 0 aromatic heterocycles. The molecule has 30 heavy (non-hydrogen) atoms. The number of hydrogen-bond donors (Lipinski definition) is 0. The Balaban J connectivity index is 3.54.